The van der Waals surface area contributed by atoms with Crippen molar-refractivity contribution in [2.24, 2.45) is 11.8 Å². The summed E-state index contributed by atoms with van der Waals surface area (Å²) in [6.45, 7) is 5.56. The molecule has 13 atom stereocenters. The van der Waals surface area contributed by atoms with Crippen LogP contribution in [-0.2, 0) is 110 Å². The molecule has 0 aromatic heterocycles. The molecule has 115 heavy (non-hydrogen) atoms. The van der Waals surface area contributed by atoms with Gasteiger partial charge < -0.3 is 118 Å². The van der Waals surface area contributed by atoms with Crippen LogP contribution in [0.3, 0.4) is 0 Å². The van der Waals surface area contributed by atoms with E-state index < -0.39 is 308 Å². The van der Waals surface area contributed by atoms with Crippen molar-refractivity contribution < 1.29 is 276 Å². The second-order valence-corrected chi connectivity index (χ2v) is 33.6. The van der Waals surface area contributed by atoms with Crippen LogP contribution in [0.4, 0.5) is 0 Å². The van der Waals surface area contributed by atoms with Gasteiger partial charge in [0.25, 0.3) is 0 Å². The van der Waals surface area contributed by atoms with E-state index in [4.69, 9.17) is 0 Å². The molecule has 0 radical (unpaired) electrons. The number of nitrogens with one attached hydrogen (secondary N) is 16. The minimum atomic E-state index is -5.04. The fourth-order valence-corrected chi connectivity index (χ4v) is 12.5. The number of carbonyl (C=O) groups is 11. The van der Waals surface area contributed by atoms with Crippen LogP contribution in [0.5, 0.6) is 0 Å². The summed E-state index contributed by atoms with van der Waals surface area (Å²) in [5.74, 6) is -19.8. The largest absolute Gasteiger partial charge is 1.00 e. The predicted molar refractivity (Wildman–Crippen MR) is 384 cm³/mol. The molecule has 1 fully saturated rings. The Morgan fingerprint density at radius 3 is 1.28 bits per heavy atom. The standard InChI is InChI=1S/C61H108N16O28S5.5Na/c1-7-37(4)13-11-12-16-49(80)68-41(17-23-62-31-106(91,92)93)56(85)77-51(39(6)79)61(90)73-44(20-26-65-34-109(100,101)102)53(82)71-46-22-28-67-60(89)50(38(5)78)76-57(86)45(21-27-66-35-110(103,104)105)70-52(81)42(18-24-63-32-107(94,95)96)72-58(87)47(29-36(2)3)74-59(88)48(30-40-14-9-8-10-15-40)75-55(84)43(69-54(46)83)19-25-64-33-108(97,98)99;;;;;/h8-10,14-15,36-39,41-48,50-51,62-66,78-79H,7,11-13,16-35H2,1-6H3,(H,67,89)(H,68,80)(H,69,83)(H,70,81)(H,71,82)(H,72,87)(H,73,90)(H,74,88)(H,75,84)(H,76,86)(H,77,85)(H,91,92,93)(H,94,95,96)(H,97,98,99)(H,100,101,102)(H,103,104,105);;;;;/q;5*+1/p-5/t37-,38+,39+,41-,42-,43-,44-,45-,46-,47-,48+,50-,51-;;;;;/m0...../s1. The summed E-state index contributed by atoms with van der Waals surface area (Å²) < 4.78 is 173. The van der Waals surface area contributed by atoms with Crippen molar-refractivity contribution in [3.63, 3.8) is 0 Å². The molecule has 1 aliphatic heterocycles. The van der Waals surface area contributed by atoms with Gasteiger partial charge in [-0.2, -0.15) is 0 Å². The van der Waals surface area contributed by atoms with E-state index in [-0.39, 0.29) is 161 Å². The zero-order valence-electron chi connectivity index (χ0n) is 66.5. The molecule has 0 unspecified atom stereocenters. The van der Waals surface area contributed by atoms with E-state index in [1.54, 1.807) is 32.0 Å². The van der Waals surface area contributed by atoms with E-state index in [1.165, 1.54) is 12.1 Å². The van der Waals surface area contributed by atoms with E-state index in [0.717, 1.165) is 26.7 Å². The first kappa shape index (κ1) is 119. The number of aliphatic hydroxyl groups is 2. The summed E-state index contributed by atoms with van der Waals surface area (Å²) in [4.78, 5) is 159. The summed E-state index contributed by atoms with van der Waals surface area (Å²) in [5.41, 5.74) is 0.343. The van der Waals surface area contributed by atoms with Crippen molar-refractivity contribution in [3.8, 4) is 0 Å². The number of unbranched alkanes of at least 4 members (excludes halogenated alkanes) is 1. The summed E-state index contributed by atoms with van der Waals surface area (Å²) in [6.07, 6.45) is -5.92. The van der Waals surface area contributed by atoms with Gasteiger partial charge in [0.1, 0.15) is 111 Å². The Bertz CT molecular complexity index is 3820. The third-order valence-electron chi connectivity index (χ3n) is 16.4. The maximum Gasteiger partial charge on any atom is 1.00 e. The fourth-order valence-electron chi connectivity index (χ4n) is 10.5. The average molecular weight is 1780 g/mol. The summed E-state index contributed by atoms with van der Waals surface area (Å²) in [6, 6.07) is -11.4. The van der Waals surface area contributed by atoms with E-state index >= 15 is 4.79 Å². The number of hydrogen-bond acceptors (Lipinski definition) is 33. The molecule has 1 saturated heterocycles. The number of carbonyl (C=O) groups excluding carboxylic acids is 11. The smallest absolute Gasteiger partial charge is 0.747 e. The summed E-state index contributed by atoms with van der Waals surface area (Å²) >= 11 is 0. The van der Waals surface area contributed by atoms with Gasteiger partial charge in [-0.3, -0.25) is 52.7 Å². The van der Waals surface area contributed by atoms with Crippen LogP contribution in [0.15, 0.2) is 30.3 Å². The maximum atomic E-state index is 15.0. The van der Waals surface area contributed by atoms with Crippen molar-refractivity contribution in [3.05, 3.63) is 35.9 Å². The van der Waals surface area contributed by atoms with Crippen LogP contribution in [0, 0.1) is 11.8 Å². The Morgan fingerprint density at radius 2 is 0.861 bits per heavy atom. The Labute approximate surface area is 781 Å². The summed E-state index contributed by atoms with van der Waals surface area (Å²) in [7, 11) is -24.8. The SMILES string of the molecule is CC[C@H](C)CCCCC(=O)N[C@@H](CCNCS(=O)(=O)[O-])C(=O)N[C@H](C(=O)N[C@@H](CCNCS(=O)(=O)[O-])C(=O)N[C@H]1CCNC(=O)[C@H]([C@@H](C)O)NC(=O)[C@H](CCNCS(=O)(=O)[O-])NC(=O)[C@H](CCNCS(=O)(=O)[O-])NC(=O)[C@H](CC(C)C)NC(=O)[C@@H](Cc2ccccc2)NC(=O)[C@H](CCNCS(=O)(=O)[O-])NC1=O)[C@@H](C)O.[Na+].[Na+].[Na+].[Na+].[Na+]. The molecule has 0 bridgehead atoms. The Balaban J connectivity index is -0.0000123. The van der Waals surface area contributed by atoms with Gasteiger partial charge in [0.15, 0.2) is 0 Å². The van der Waals surface area contributed by atoms with Gasteiger partial charge in [0.05, 0.1) is 41.6 Å². The molecular formula is C61H103N16Na5O28S5. The van der Waals surface area contributed by atoms with Gasteiger partial charge in [-0.15, -0.1) is 0 Å². The quantitative estimate of drug-likeness (QED) is 0.0164. The minimum Gasteiger partial charge on any atom is -0.747 e. The molecule has 630 valence electrons. The van der Waals surface area contributed by atoms with Crippen LogP contribution in [0.1, 0.15) is 124 Å². The molecule has 18 N–H and O–H groups in total. The van der Waals surface area contributed by atoms with Gasteiger partial charge in [-0.05, 0) is 115 Å². The van der Waals surface area contributed by atoms with Crippen molar-refractivity contribution in [2.75, 3.05) is 68.7 Å². The van der Waals surface area contributed by atoms with Crippen LogP contribution < -0.4 is 233 Å². The third-order valence-corrected chi connectivity index (χ3v) is 19.2. The molecule has 0 spiro atoms. The first-order valence-corrected chi connectivity index (χ1v) is 42.9. The molecule has 0 aliphatic carbocycles. The second kappa shape index (κ2) is 60.2. The van der Waals surface area contributed by atoms with Gasteiger partial charge >= 0.3 is 148 Å². The predicted octanol–water partition coefficient (Wildman–Crippen LogP) is -24.6. The van der Waals surface area contributed by atoms with Gasteiger partial charge in [-0.1, -0.05) is 77.3 Å². The zero-order chi connectivity index (χ0) is 83.3. The monoisotopic (exact) mass is 1780 g/mol. The van der Waals surface area contributed by atoms with Crippen LogP contribution in [-0.4, -0.2) is 281 Å². The number of amides is 11. The maximum absolute atomic E-state index is 15.0. The Hall–Kier alpha value is -2.34. The normalized spacial score (nSPS) is 20.2. The average Bonchev–Trinajstić information content (AvgIpc) is 1.23. The fraction of sp³-hybridized carbons (Fsp3) is 0.721. The number of hydrogen-bond donors (Lipinski definition) is 18. The molecule has 2 rings (SSSR count). The van der Waals surface area contributed by atoms with Crippen LogP contribution in [0.2, 0.25) is 0 Å². The number of rotatable bonds is 44. The zero-order valence-corrected chi connectivity index (χ0v) is 80.6. The topological polar surface area (TPSA) is 707 Å². The van der Waals surface area contributed by atoms with E-state index in [9.17, 15) is 123 Å². The van der Waals surface area contributed by atoms with Crippen LogP contribution >= 0.6 is 0 Å². The molecule has 1 heterocycles. The number of aliphatic hydroxyl groups excluding tert-OH is 2. The Kier molecular flexibility index (Phi) is 62.3. The molecular weight excluding hydrogens is 1680 g/mol. The van der Waals surface area contributed by atoms with Gasteiger partial charge in [0, 0.05) is 19.4 Å². The molecule has 1 aromatic carbocycles. The summed E-state index contributed by atoms with van der Waals surface area (Å²) in [5, 5.41) is 59.2. The van der Waals surface area contributed by atoms with Crippen molar-refractivity contribution in [1.82, 2.24) is 85.1 Å². The van der Waals surface area contributed by atoms with Gasteiger partial charge in [-0.25, -0.2) is 42.1 Å². The van der Waals surface area contributed by atoms with Crippen molar-refractivity contribution >= 4 is 116 Å². The molecule has 11 amide bonds. The molecule has 54 heteroatoms. The molecule has 0 saturated carbocycles. The molecule has 1 aromatic rings. The molecule has 44 nitrogen and oxygen atoms in total. The van der Waals surface area contributed by atoms with Crippen molar-refractivity contribution in [2.45, 2.75) is 198 Å². The van der Waals surface area contributed by atoms with Crippen molar-refractivity contribution in [1.29, 1.82) is 0 Å². The third kappa shape index (κ3) is 54.7. The first-order chi connectivity index (χ1) is 51.1. The number of benzene rings is 1. The molecule has 1 aliphatic rings. The minimum absolute atomic E-state index is 0. The first-order valence-electron chi connectivity index (χ1n) is 35.0. The van der Waals surface area contributed by atoms with Gasteiger partial charge in [0.2, 0.25) is 65.0 Å². The van der Waals surface area contributed by atoms with E-state index in [0.29, 0.717) is 24.3 Å². The second-order valence-electron chi connectivity index (χ2n) is 26.6. The van der Waals surface area contributed by atoms with Crippen LogP contribution in [0.25, 0.3) is 0 Å². The van der Waals surface area contributed by atoms with E-state index in [2.05, 4.69) is 85.1 Å². The van der Waals surface area contributed by atoms with E-state index in [1.807, 2.05) is 13.8 Å². The Morgan fingerprint density at radius 1 is 0.470 bits per heavy atom.